The molecule has 1 aromatic carbocycles. The number of carbonyl (C=O) groups excluding carboxylic acids is 1. The van der Waals surface area contributed by atoms with E-state index in [0.29, 0.717) is 49.1 Å². The average molecular weight is 447 g/mol. The van der Waals surface area contributed by atoms with E-state index in [4.69, 9.17) is 15.2 Å². The lowest BCUT2D eigenvalue weighted by atomic mass is 10.2. The Labute approximate surface area is 192 Å². The van der Waals surface area contributed by atoms with E-state index in [1.165, 1.54) is 0 Å². The van der Waals surface area contributed by atoms with Gasteiger partial charge in [-0.15, -0.1) is 0 Å². The van der Waals surface area contributed by atoms with Crippen molar-refractivity contribution < 1.29 is 14.3 Å². The number of rotatable bonds is 9. The van der Waals surface area contributed by atoms with E-state index in [0.717, 1.165) is 24.5 Å². The maximum Gasteiger partial charge on any atom is 0.248 e. The zero-order chi connectivity index (χ0) is 22.9. The highest BCUT2D eigenvalue weighted by Gasteiger charge is 2.14. The summed E-state index contributed by atoms with van der Waals surface area (Å²) in [7, 11) is 0. The van der Waals surface area contributed by atoms with E-state index < -0.39 is 5.91 Å². The zero-order valence-electron chi connectivity index (χ0n) is 18.2. The molecule has 9 nitrogen and oxygen atoms in total. The topological polar surface area (TPSA) is 115 Å². The third kappa shape index (κ3) is 6.50. The fraction of sp³-hybridized carbons (Fsp3) is 0.250. The van der Waals surface area contributed by atoms with E-state index in [-0.39, 0.29) is 0 Å². The monoisotopic (exact) mass is 446 g/mol. The number of hydrazone groups is 1. The van der Waals surface area contributed by atoms with Gasteiger partial charge in [0.05, 0.1) is 37.4 Å². The number of morpholine rings is 1. The molecule has 0 saturated carbocycles. The molecule has 1 fully saturated rings. The molecular weight excluding hydrogens is 420 g/mol. The van der Waals surface area contributed by atoms with E-state index in [1.807, 2.05) is 30.3 Å². The fourth-order valence-electron chi connectivity index (χ4n) is 3.38. The summed E-state index contributed by atoms with van der Waals surface area (Å²) < 4.78 is 11.4. The van der Waals surface area contributed by atoms with Gasteiger partial charge in [-0.05, 0) is 36.4 Å². The van der Waals surface area contributed by atoms with Crippen molar-refractivity contribution in [3.05, 3.63) is 77.7 Å². The quantitative estimate of drug-likeness (QED) is 0.383. The van der Waals surface area contributed by atoms with Crippen molar-refractivity contribution >= 4 is 23.5 Å². The Morgan fingerprint density at radius 2 is 2.06 bits per heavy atom. The maximum absolute atomic E-state index is 11.4. The Hall–Kier alpha value is -3.98. The number of anilines is 2. The van der Waals surface area contributed by atoms with Crippen molar-refractivity contribution in [2.24, 2.45) is 10.8 Å². The van der Waals surface area contributed by atoms with E-state index in [1.54, 1.807) is 36.7 Å². The second-order valence-corrected chi connectivity index (χ2v) is 7.42. The normalized spacial score (nSPS) is 13.8. The van der Waals surface area contributed by atoms with Crippen molar-refractivity contribution in [1.82, 2.24) is 9.97 Å². The minimum atomic E-state index is -0.491. The number of primary amides is 1. The van der Waals surface area contributed by atoms with Crippen molar-refractivity contribution in [3.8, 4) is 5.88 Å². The first-order valence-corrected chi connectivity index (χ1v) is 10.7. The molecule has 0 aliphatic carbocycles. The van der Waals surface area contributed by atoms with Gasteiger partial charge in [-0.3, -0.25) is 15.2 Å². The van der Waals surface area contributed by atoms with Crippen LogP contribution in [0.15, 0.2) is 65.9 Å². The second-order valence-electron chi connectivity index (χ2n) is 7.42. The van der Waals surface area contributed by atoms with Gasteiger partial charge < -0.3 is 20.1 Å². The smallest absolute Gasteiger partial charge is 0.248 e. The zero-order valence-corrected chi connectivity index (χ0v) is 18.2. The Morgan fingerprint density at radius 1 is 1.18 bits per heavy atom. The first kappa shape index (κ1) is 22.2. The van der Waals surface area contributed by atoms with Crippen LogP contribution < -0.4 is 20.8 Å². The second kappa shape index (κ2) is 11.1. The number of hydrogen-bond acceptors (Lipinski definition) is 8. The number of nitrogens with one attached hydrogen (secondary N) is 1. The molecule has 1 aliphatic rings. The lowest BCUT2D eigenvalue weighted by Gasteiger charge is -2.29. The van der Waals surface area contributed by atoms with E-state index in [9.17, 15) is 4.79 Å². The summed E-state index contributed by atoms with van der Waals surface area (Å²) in [5.74, 6) is 0.0297. The molecule has 1 amide bonds. The van der Waals surface area contributed by atoms with Gasteiger partial charge in [0, 0.05) is 48.7 Å². The van der Waals surface area contributed by atoms with Crippen LogP contribution in [0.3, 0.4) is 0 Å². The standard InChI is InChI=1S/C24H26N6O3/c25-24(31)18-4-3-6-20(14-18)29-27-17-21-15-22(30-9-12-32-13-10-30)16-23(28-21)33-11-7-19-5-1-2-8-26-19/h1-6,8,14-17,29H,7,9-13H2,(H2,25,31)/b27-17+. The minimum absolute atomic E-state index is 0.409. The molecule has 2 aromatic heterocycles. The summed E-state index contributed by atoms with van der Waals surface area (Å²) in [6.45, 7) is 3.42. The van der Waals surface area contributed by atoms with Gasteiger partial charge in [0.25, 0.3) is 0 Å². The molecule has 0 bridgehead atoms. The number of hydrogen-bond donors (Lipinski definition) is 2. The molecule has 0 atom stereocenters. The van der Waals surface area contributed by atoms with Gasteiger partial charge in [-0.2, -0.15) is 5.10 Å². The van der Waals surface area contributed by atoms with Crippen LogP contribution in [-0.4, -0.2) is 55.0 Å². The molecule has 3 aromatic rings. The highest BCUT2D eigenvalue weighted by atomic mass is 16.5. The first-order chi connectivity index (χ1) is 16.2. The third-order valence-electron chi connectivity index (χ3n) is 5.05. The number of aromatic nitrogens is 2. The summed E-state index contributed by atoms with van der Waals surface area (Å²) in [6, 6.07) is 16.5. The Bertz CT molecular complexity index is 1100. The molecule has 33 heavy (non-hydrogen) atoms. The summed E-state index contributed by atoms with van der Waals surface area (Å²) in [5, 5.41) is 4.27. The molecule has 170 valence electrons. The van der Waals surface area contributed by atoms with Crippen molar-refractivity contribution in [3.63, 3.8) is 0 Å². The fourth-order valence-corrected chi connectivity index (χ4v) is 3.38. The number of nitrogens with two attached hydrogens (primary N) is 1. The van der Waals surface area contributed by atoms with Gasteiger partial charge in [0.15, 0.2) is 0 Å². The maximum atomic E-state index is 11.4. The molecule has 3 heterocycles. The molecule has 4 rings (SSSR count). The number of pyridine rings is 2. The Balaban J connectivity index is 1.47. The molecule has 0 unspecified atom stereocenters. The van der Waals surface area contributed by atoms with Gasteiger partial charge in [0.1, 0.15) is 0 Å². The van der Waals surface area contributed by atoms with Crippen molar-refractivity contribution in [2.45, 2.75) is 6.42 Å². The van der Waals surface area contributed by atoms with Crippen LogP contribution in [0.4, 0.5) is 11.4 Å². The molecule has 3 N–H and O–H groups in total. The third-order valence-corrected chi connectivity index (χ3v) is 5.05. The highest BCUT2D eigenvalue weighted by Crippen LogP contribution is 2.22. The number of nitrogens with zero attached hydrogens (tertiary/aromatic N) is 4. The summed E-state index contributed by atoms with van der Waals surface area (Å²) in [6.07, 6.45) is 4.07. The minimum Gasteiger partial charge on any atom is -0.477 e. The first-order valence-electron chi connectivity index (χ1n) is 10.7. The van der Waals surface area contributed by atoms with Crippen LogP contribution in [0.1, 0.15) is 21.7 Å². The van der Waals surface area contributed by atoms with Crippen molar-refractivity contribution in [1.29, 1.82) is 0 Å². The average Bonchev–Trinajstić information content (AvgIpc) is 2.85. The number of ether oxygens (including phenoxy) is 2. The summed E-state index contributed by atoms with van der Waals surface area (Å²) >= 11 is 0. The lowest BCUT2D eigenvalue weighted by molar-refractivity contribution is 0.100. The predicted octanol–water partition coefficient (Wildman–Crippen LogP) is 2.48. The molecule has 1 aliphatic heterocycles. The largest absolute Gasteiger partial charge is 0.477 e. The van der Waals surface area contributed by atoms with Crippen LogP contribution in [-0.2, 0) is 11.2 Å². The number of carbonyl (C=O) groups is 1. The van der Waals surface area contributed by atoms with Gasteiger partial charge in [-0.25, -0.2) is 4.98 Å². The Morgan fingerprint density at radius 3 is 2.85 bits per heavy atom. The van der Waals surface area contributed by atoms with Gasteiger partial charge in [0.2, 0.25) is 11.8 Å². The van der Waals surface area contributed by atoms with Gasteiger partial charge >= 0.3 is 0 Å². The summed E-state index contributed by atoms with van der Waals surface area (Å²) in [4.78, 5) is 22.5. The van der Waals surface area contributed by atoms with Crippen LogP contribution >= 0.6 is 0 Å². The van der Waals surface area contributed by atoms with Gasteiger partial charge in [-0.1, -0.05) is 12.1 Å². The molecule has 0 radical (unpaired) electrons. The van der Waals surface area contributed by atoms with Crippen LogP contribution in [0, 0.1) is 0 Å². The molecule has 1 saturated heterocycles. The molecule has 0 spiro atoms. The van der Waals surface area contributed by atoms with E-state index >= 15 is 0 Å². The number of benzene rings is 1. The Kier molecular flexibility index (Phi) is 7.44. The van der Waals surface area contributed by atoms with Crippen LogP contribution in [0.5, 0.6) is 5.88 Å². The highest BCUT2D eigenvalue weighted by molar-refractivity contribution is 5.93. The van der Waals surface area contributed by atoms with Crippen LogP contribution in [0.2, 0.25) is 0 Å². The molecular formula is C24H26N6O3. The summed E-state index contributed by atoms with van der Waals surface area (Å²) in [5.41, 5.74) is 11.9. The number of amides is 1. The lowest BCUT2D eigenvalue weighted by Crippen LogP contribution is -2.36. The van der Waals surface area contributed by atoms with Crippen molar-refractivity contribution in [2.75, 3.05) is 43.2 Å². The SMILES string of the molecule is NC(=O)c1cccc(N/N=C/c2cc(N3CCOCC3)cc(OCCc3ccccn3)n2)c1. The predicted molar refractivity (Wildman–Crippen MR) is 127 cm³/mol. The van der Waals surface area contributed by atoms with Crippen LogP contribution in [0.25, 0.3) is 0 Å². The molecule has 9 heteroatoms. The van der Waals surface area contributed by atoms with E-state index in [2.05, 4.69) is 25.4 Å².